The maximum absolute atomic E-state index is 11.4. The Morgan fingerprint density at radius 3 is 1.94 bits per heavy atom. The Morgan fingerprint density at radius 2 is 1.42 bits per heavy atom. The zero-order valence-corrected chi connectivity index (χ0v) is 19.1. The van der Waals surface area contributed by atoms with Gasteiger partial charge in [-0.1, -0.05) is 6.07 Å². The number of aliphatic hydroxyl groups excluding tert-OH is 1. The molecular formula is C27H28O6. The highest BCUT2D eigenvalue weighted by Crippen LogP contribution is 2.23. The van der Waals surface area contributed by atoms with Gasteiger partial charge < -0.3 is 19.3 Å². The number of hydrogen-bond acceptors (Lipinski definition) is 6. The van der Waals surface area contributed by atoms with Gasteiger partial charge in [-0.15, -0.1) is 0 Å². The third-order valence-electron chi connectivity index (χ3n) is 5.13. The molecule has 172 valence electrons. The maximum atomic E-state index is 11.4. The number of benzene rings is 3. The summed E-state index contributed by atoms with van der Waals surface area (Å²) in [6.45, 7) is 5.82. The number of Topliss-reactive ketones (excluding diaryl/α,β-unsaturated/α-hetero) is 1. The fourth-order valence-electron chi connectivity index (χ4n) is 3.30. The number of carbonyl (C=O) groups excluding carboxylic acids is 2. The summed E-state index contributed by atoms with van der Waals surface area (Å²) in [5, 5.41) is 9.34. The van der Waals surface area contributed by atoms with Crippen LogP contribution in [0.25, 0.3) is 0 Å². The van der Waals surface area contributed by atoms with Crippen LogP contribution in [0.4, 0.5) is 0 Å². The summed E-state index contributed by atoms with van der Waals surface area (Å²) in [7, 11) is 0. The molecule has 0 saturated carbocycles. The van der Waals surface area contributed by atoms with E-state index in [0.29, 0.717) is 29.4 Å². The van der Waals surface area contributed by atoms with E-state index in [1.807, 2.05) is 56.3 Å². The molecule has 0 radical (unpaired) electrons. The van der Waals surface area contributed by atoms with E-state index in [0.717, 1.165) is 34.1 Å². The Balaban J connectivity index is 1.75. The van der Waals surface area contributed by atoms with Crippen LogP contribution in [0.2, 0.25) is 0 Å². The summed E-state index contributed by atoms with van der Waals surface area (Å²) >= 11 is 0. The monoisotopic (exact) mass is 448 g/mol. The average molecular weight is 449 g/mol. The normalized spacial score (nSPS) is 10.5. The molecule has 33 heavy (non-hydrogen) atoms. The number of aliphatic hydroxyl groups is 1. The SMILES string of the molecule is CC(=O)COc1cc(COc2ccc(C=O)c(C)c2)cc(COc2ccc(CO)c(C)c2)c1. The highest BCUT2D eigenvalue weighted by Gasteiger charge is 2.08. The molecule has 0 amide bonds. The molecule has 0 saturated heterocycles. The van der Waals surface area contributed by atoms with Gasteiger partial charge in [-0.25, -0.2) is 0 Å². The Kier molecular flexibility index (Phi) is 8.22. The predicted molar refractivity (Wildman–Crippen MR) is 125 cm³/mol. The summed E-state index contributed by atoms with van der Waals surface area (Å²) < 4.78 is 17.5. The molecule has 0 aliphatic carbocycles. The van der Waals surface area contributed by atoms with Gasteiger partial charge >= 0.3 is 0 Å². The number of ketones is 1. The number of rotatable bonds is 11. The van der Waals surface area contributed by atoms with Crippen LogP contribution >= 0.6 is 0 Å². The van der Waals surface area contributed by atoms with Gasteiger partial charge in [-0.05, 0) is 97.1 Å². The van der Waals surface area contributed by atoms with Gasteiger partial charge in [0.15, 0.2) is 5.78 Å². The summed E-state index contributed by atoms with van der Waals surface area (Å²) in [6, 6.07) is 16.5. The highest BCUT2D eigenvalue weighted by atomic mass is 16.5. The molecule has 0 aromatic heterocycles. The van der Waals surface area contributed by atoms with E-state index in [4.69, 9.17) is 14.2 Å². The molecule has 0 unspecified atom stereocenters. The largest absolute Gasteiger partial charge is 0.489 e. The number of hydrogen-bond donors (Lipinski definition) is 1. The molecule has 0 fully saturated rings. The number of aryl methyl sites for hydroxylation is 2. The molecule has 3 aromatic rings. The van der Waals surface area contributed by atoms with E-state index in [-0.39, 0.29) is 25.6 Å². The molecular weight excluding hydrogens is 420 g/mol. The molecule has 6 heteroatoms. The number of carbonyl (C=O) groups is 2. The van der Waals surface area contributed by atoms with Crippen molar-refractivity contribution in [2.24, 2.45) is 0 Å². The molecule has 0 heterocycles. The van der Waals surface area contributed by atoms with Crippen molar-refractivity contribution >= 4 is 12.1 Å². The molecule has 0 spiro atoms. The molecule has 0 bridgehead atoms. The summed E-state index contributed by atoms with van der Waals surface area (Å²) in [6.07, 6.45) is 0.820. The second-order valence-electron chi connectivity index (χ2n) is 7.94. The lowest BCUT2D eigenvalue weighted by Crippen LogP contribution is -2.08. The van der Waals surface area contributed by atoms with Crippen molar-refractivity contribution in [3.05, 3.63) is 88.0 Å². The minimum absolute atomic E-state index is 0.0115. The minimum Gasteiger partial charge on any atom is -0.489 e. The fraction of sp³-hybridized carbons (Fsp3) is 0.259. The molecule has 1 N–H and O–H groups in total. The van der Waals surface area contributed by atoms with Gasteiger partial charge in [0.05, 0.1) is 6.61 Å². The number of aldehydes is 1. The Hall–Kier alpha value is -3.64. The molecule has 0 atom stereocenters. The van der Waals surface area contributed by atoms with Gasteiger partial charge in [-0.3, -0.25) is 9.59 Å². The standard InChI is InChI=1S/C27H28O6/c1-18-8-25(6-4-23(18)13-28)32-16-21-10-22(12-27(11-21)31-15-20(3)30)17-33-26-7-5-24(14-29)19(2)9-26/h4-13,29H,14-17H2,1-3H3. The fourth-order valence-corrected chi connectivity index (χ4v) is 3.30. The van der Waals surface area contributed by atoms with E-state index in [9.17, 15) is 14.7 Å². The topological polar surface area (TPSA) is 82.1 Å². The molecule has 0 aliphatic heterocycles. The van der Waals surface area contributed by atoms with Gasteiger partial charge in [0.2, 0.25) is 0 Å². The van der Waals surface area contributed by atoms with Crippen molar-refractivity contribution in [3.63, 3.8) is 0 Å². The lowest BCUT2D eigenvalue weighted by atomic mass is 10.1. The van der Waals surface area contributed by atoms with Crippen molar-refractivity contribution in [2.75, 3.05) is 6.61 Å². The van der Waals surface area contributed by atoms with E-state index in [1.54, 1.807) is 12.1 Å². The van der Waals surface area contributed by atoms with Crippen LogP contribution in [0.3, 0.4) is 0 Å². The molecule has 0 aliphatic rings. The predicted octanol–water partition coefficient (Wildman–Crippen LogP) is 4.73. The first-order valence-corrected chi connectivity index (χ1v) is 10.6. The van der Waals surface area contributed by atoms with E-state index in [2.05, 4.69) is 0 Å². The Morgan fingerprint density at radius 1 is 0.818 bits per heavy atom. The van der Waals surface area contributed by atoms with Gasteiger partial charge in [0, 0.05) is 5.56 Å². The molecule has 3 aromatic carbocycles. The maximum Gasteiger partial charge on any atom is 0.167 e. The Bertz CT molecular complexity index is 1140. The third kappa shape index (κ3) is 6.92. The van der Waals surface area contributed by atoms with Gasteiger partial charge in [0.25, 0.3) is 0 Å². The molecule has 6 nitrogen and oxygen atoms in total. The zero-order chi connectivity index (χ0) is 23.8. The first-order chi connectivity index (χ1) is 15.9. The summed E-state index contributed by atoms with van der Waals surface area (Å²) in [5.74, 6) is 1.84. The summed E-state index contributed by atoms with van der Waals surface area (Å²) in [4.78, 5) is 22.4. The van der Waals surface area contributed by atoms with Crippen molar-refractivity contribution in [2.45, 2.75) is 40.6 Å². The first kappa shape index (κ1) is 24.0. The van der Waals surface area contributed by atoms with Gasteiger partial charge in [0.1, 0.15) is 43.4 Å². The third-order valence-corrected chi connectivity index (χ3v) is 5.13. The number of ether oxygens (including phenoxy) is 3. The van der Waals surface area contributed by atoms with Crippen molar-refractivity contribution in [1.29, 1.82) is 0 Å². The van der Waals surface area contributed by atoms with Crippen LogP contribution in [0, 0.1) is 13.8 Å². The second-order valence-corrected chi connectivity index (χ2v) is 7.94. The van der Waals surface area contributed by atoms with E-state index < -0.39 is 0 Å². The molecule has 3 rings (SSSR count). The van der Waals surface area contributed by atoms with E-state index >= 15 is 0 Å². The van der Waals surface area contributed by atoms with Gasteiger partial charge in [-0.2, -0.15) is 0 Å². The van der Waals surface area contributed by atoms with Crippen LogP contribution in [0.1, 0.15) is 45.1 Å². The quantitative estimate of drug-likeness (QED) is 0.427. The van der Waals surface area contributed by atoms with Crippen molar-refractivity contribution in [1.82, 2.24) is 0 Å². The zero-order valence-electron chi connectivity index (χ0n) is 19.1. The van der Waals surface area contributed by atoms with Crippen molar-refractivity contribution < 1.29 is 28.9 Å². The Labute approximate surface area is 193 Å². The smallest absolute Gasteiger partial charge is 0.167 e. The van der Waals surface area contributed by atoms with Crippen LogP contribution < -0.4 is 14.2 Å². The second kappa shape index (κ2) is 11.3. The van der Waals surface area contributed by atoms with E-state index in [1.165, 1.54) is 6.92 Å². The van der Waals surface area contributed by atoms with Crippen LogP contribution in [0.5, 0.6) is 17.2 Å². The van der Waals surface area contributed by atoms with Crippen molar-refractivity contribution in [3.8, 4) is 17.2 Å². The van der Waals surface area contributed by atoms with Crippen LogP contribution in [-0.2, 0) is 24.6 Å². The summed E-state index contributed by atoms with van der Waals surface area (Å²) in [5.41, 5.74) is 5.02. The average Bonchev–Trinajstić information content (AvgIpc) is 2.80. The van der Waals surface area contributed by atoms with Crippen LogP contribution in [-0.4, -0.2) is 23.8 Å². The highest BCUT2D eigenvalue weighted by molar-refractivity contribution is 5.77. The lowest BCUT2D eigenvalue weighted by Gasteiger charge is -2.14. The first-order valence-electron chi connectivity index (χ1n) is 10.6. The lowest BCUT2D eigenvalue weighted by molar-refractivity contribution is -0.118. The minimum atomic E-state index is -0.0698. The van der Waals surface area contributed by atoms with Crippen LogP contribution in [0.15, 0.2) is 54.6 Å².